The van der Waals surface area contributed by atoms with E-state index in [2.05, 4.69) is 39.9 Å². The highest BCUT2D eigenvalue weighted by Gasteiger charge is 2.24. The number of alkyl carbamates (subject to hydrolysis) is 1. The van der Waals surface area contributed by atoms with Gasteiger partial charge in [-0.2, -0.15) is 0 Å². The van der Waals surface area contributed by atoms with Crippen molar-refractivity contribution in [3.63, 3.8) is 0 Å². The molecule has 0 aromatic heterocycles. The summed E-state index contributed by atoms with van der Waals surface area (Å²) in [6.45, 7) is 6.86. The van der Waals surface area contributed by atoms with Crippen LogP contribution in [-0.2, 0) is 27.2 Å². The molecule has 0 unspecified atom stereocenters. The van der Waals surface area contributed by atoms with Crippen LogP contribution in [0.15, 0.2) is 71.7 Å². The largest absolute Gasteiger partial charge is 0.444 e. The SMILES string of the molecule is C[C@H](NC(=O)OC(C)(C)C)C(=O)N[C@H](/C=C/C(=O)N=CCC[C@H]1Cc2ccccc21)CCc1ccccc1.[HH].[HH]. The van der Waals surface area contributed by atoms with Gasteiger partial charge >= 0.3 is 6.09 Å². The number of aliphatic imine (C=N–C) groups is 1. The van der Waals surface area contributed by atoms with E-state index < -0.39 is 23.8 Å². The summed E-state index contributed by atoms with van der Waals surface area (Å²) in [4.78, 5) is 41.3. The normalized spacial score (nSPS) is 16.4. The number of nitrogens with one attached hydrogen (secondary N) is 2. The average molecular weight is 522 g/mol. The summed E-state index contributed by atoms with van der Waals surface area (Å²) in [5.41, 5.74) is 3.28. The summed E-state index contributed by atoms with van der Waals surface area (Å²) >= 11 is 0. The van der Waals surface area contributed by atoms with Gasteiger partial charge in [0, 0.05) is 21.2 Å². The van der Waals surface area contributed by atoms with Gasteiger partial charge in [-0.25, -0.2) is 9.79 Å². The van der Waals surface area contributed by atoms with E-state index in [0.717, 1.165) is 24.8 Å². The van der Waals surface area contributed by atoms with E-state index in [1.807, 2.05) is 30.3 Å². The molecular weight excluding hydrogens is 478 g/mol. The van der Waals surface area contributed by atoms with Crippen LogP contribution in [0.4, 0.5) is 4.79 Å². The summed E-state index contributed by atoms with van der Waals surface area (Å²) in [5, 5.41) is 5.47. The van der Waals surface area contributed by atoms with Gasteiger partial charge in [0.2, 0.25) is 5.91 Å². The van der Waals surface area contributed by atoms with Crippen molar-refractivity contribution in [2.45, 2.75) is 83.4 Å². The second-order valence-electron chi connectivity index (χ2n) is 10.7. The molecule has 1 aliphatic carbocycles. The maximum atomic E-state index is 12.8. The first-order valence-corrected chi connectivity index (χ1v) is 13.3. The number of amides is 3. The van der Waals surface area contributed by atoms with Gasteiger partial charge in [-0.1, -0.05) is 60.7 Å². The molecule has 7 heteroatoms. The maximum Gasteiger partial charge on any atom is 0.408 e. The lowest BCUT2D eigenvalue weighted by Gasteiger charge is -2.29. The molecule has 1 aliphatic rings. The van der Waals surface area contributed by atoms with Crippen LogP contribution in [-0.4, -0.2) is 41.8 Å². The van der Waals surface area contributed by atoms with Crippen molar-refractivity contribution >= 4 is 24.1 Å². The number of ether oxygens (including phenoxy) is 1. The molecular formula is C31H43N3O4. The number of aryl methyl sites for hydroxylation is 1. The molecule has 3 atom stereocenters. The highest BCUT2D eigenvalue weighted by atomic mass is 16.6. The van der Waals surface area contributed by atoms with E-state index in [4.69, 9.17) is 4.74 Å². The minimum Gasteiger partial charge on any atom is -0.444 e. The zero-order chi connectivity index (χ0) is 27.5. The van der Waals surface area contributed by atoms with Gasteiger partial charge in [-0.05, 0) is 82.4 Å². The monoisotopic (exact) mass is 521 g/mol. The molecule has 38 heavy (non-hydrogen) atoms. The second kappa shape index (κ2) is 13.7. The standard InChI is InChI=1S/C31H39N3O4.2H2/c1-22(33-30(37)38-31(2,3)4)29(36)34-26(17-16-23-11-6-5-7-12-23)18-19-28(35)32-20-10-14-25-21-24-13-8-9-15-27(24)25;;/h5-9,11-13,15,18-20,22,25-26H,10,14,16-17,21H2,1-4H3,(H,33,37)(H,34,36);2*1H/b19-18+,32-20?;;/t22-,25-,26-;;/m0../s1. The average Bonchev–Trinajstić information content (AvgIpc) is 2.85. The Hall–Kier alpha value is -3.74. The molecule has 0 radical (unpaired) electrons. The fourth-order valence-corrected chi connectivity index (χ4v) is 4.33. The van der Waals surface area contributed by atoms with Crippen LogP contribution >= 0.6 is 0 Å². The highest BCUT2D eigenvalue weighted by molar-refractivity contribution is 5.93. The summed E-state index contributed by atoms with van der Waals surface area (Å²) < 4.78 is 5.23. The van der Waals surface area contributed by atoms with Crippen molar-refractivity contribution in [3.8, 4) is 0 Å². The third-order valence-corrected chi connectivity index (χ3v) is 6.34. The van der Waals surface area contributed by atoms with Crippen molar-refractivity contribution in [2.75, 3.05) is 0 Å². The van der Waals surface area contributed by atoms with E-state index in [-0.39, 0.29) is 14.7 Å². The van der Waals surface area contributed by atoms with E-state index in [1.54, 1.807) is 40.0 Å². The second-order valence-corrected chi connectivity index (χ2v) is 10.7. The highest BCUT2D eigenvalue weighted by Crippen LogP contribution is 2.37. The number of carbonyl (C=O) groups excluding carboxylic acids is 3. The van der Waals surface area contributed by atoms with Crippen LogP contribution in [0.5, 0.6) is 0 Å². The van der Waals surface area contributed by atoms with Crippen molar-refractivity contribution in [1.29, 1.82) is 0 Å². The number of rotatable bonds is 11. The predicted octanol–water partition coefficient (Wildman–Crippen LogP) is 5.78. The maximum absolute atomic E-state index is 12.8. The Labute approximate surface area is 228 Å². The molecule has 2 N–H and O–H groups in total. The van der Waals surface area contributed by atoms with Crippen LogP contribution in [0.25, 0.3) is 0 Å². The Kier molecular flexibility index (Phi) is 10.4. The van der Waals surface area contributed by atoms with Gasteiger partial charge in [0.15, 0.2) is 0 Å². The van der Waals surface area contributed by atoms with Crippen molar-refractivity contribution in [1.82, 2.24) is 10.6 Å². The molecule has 3 rings (SSSR count). The summed E-state index contributed by atoms with van der Waals surface area (Å²) in [7, 11) is 0. The lowest BCUT2D eigenvalue weighted by Crippen LogP contribution is -2.48. The molecule has 206 valence electrons. The number of benzene rings is 2. The molecule has 0 spiro atoms. The number of carbonyl (C=O) groups is 3. The Balaban J connectivity index is 0.00000400. The first kappa shape index (κ1) is 28.8. The topological polar surface area (TPSA) is 96.9 Å². The minimum absolute atomic E-state index is 0. The van der Waals surface area contributed by atoms with E-state index in [1.165, 1.54) is 17.2 Å². The van der Waals surface area contributed by atoms with Crippen molar-refractivity contribution in [2.24, 2.45) is 4.99 Å². The van der Waals surface area contributed by atoms with Crippen LogP contribution in [0.2, 0.25) is 0 Å². The molecule has 0 saturated carbocycles. The Morgan fingerprint density at radius 2 is 1.79 bits per heavy atom. The van der Waals surface area contributed by atoms with Crippen LogP contribution in [0.1, 0.15) is 72.4 Å². The molecule has 2 aromatic rings. The molecule has 0 aliphatic heterocycles. The molecule has 0 fully saturated rings. The van der Waals surface area contributed by atoms with Crippen LogP contribution in [0.3, 0.4) is 0 Å². The number of nitrogens with zero attached hydrogens (tertiary/aromatic N) is 1. The van der Waals surface area contributed by atoms with Gasteiger partial charge in [-0.3, -0.25) is 9.59 Å². The van der Waals surface area contributed by atoms with Gasteiger partial charge < -0.3 is 15.4 Å². The number of hydrogen-bond acceptors (Lipinski definition) is 4. The van der Waals surface area contributed by atoms with Gasteiger partial charge in [-0.15, -0.1) is 0 Å². The summed E-state index contributed by atoms with van der Waals surface area (Å²) in [6.07, 6.45) is 8.18. The van der Waals surface area contributed by atoms with E-state index in [9.17, 15) is 14.4 Å². The molecule has 0 bridgehead atoms. The van der Waals surface area contributed by atoms with Gasteiger partial charge in [0.25, 0.3) is 5.91 Å². The zero-order valence-electron chi connectivity index (χ0n) is 22.8. The molecule has 0 saturated heterocycles. The van der Waals surface area contributed by atoms with Crippen molar-refractivity contribution < 1.29 is 22.0 Å². The van der Waals surface area contributed by atoms with Gasteiger partial charge in [0.05, 0.1) is 0 Å². The van der Waals surface area contributed by atoms with Crippen molar-refractivity contribution in [3.05, 3.63) is 83.4 Å². The smallest absolute Gasteiger partial charge is 0.408 e. The lowest BCUT2D eigenvalue weighted by molar-refractivity contribution is -0.123. The third kappa shape index (κ3) is 9.61. The predicted molar refractivity (Wildman–Crippen MR) is 155 cm³/mol. The number of hydrogen-bond donors (Lipinski definition) is 2. The fraction of sp³-hybridized carbons (Fsp3) is 0.419. The fourth-order valence-electron chi connectivity index (χ4n) is 4.33. The Bertz CT molecular complexity index is 1160. The lowest BCUT2D eigenvalue weighted by atomic mass is 9.75. The third-order valence-electron chi connectivity index (χ3n) is 6.34. The quantitative estimate of drug-likeness (QED) is 0.289. The number of fused-ring (bicyclic) bond motifs is 1. The molecule has 2 aromatic carbocycles. The van der Waals surface area contributed by atoms with Gasteiger partial charge in [0.1, 0.15) is 11.6 Å². The zero-order valence-corrected chi connectivity index (χ0v) is 22.8. The van der Waals surface area contributed by atoms with E-state index in [0.29, 0.717) is 18.8 Å². The first-order chi connectivity index (χ1) is 18.1. The minimum atomic E-state index is -0.803. The van der Waals surface area contributed by atoms with Crippen LogP contribution in [0, 0.1) is 0 Å². The van der Waals surface area contributed by atoms with Crippen LogP contribution < -0.4 is 10.6 Å². The summed E-state index contributed by atoms with van der Waals surface area (Å²) in [6, 6.07) is 17.2. The molecule has 3 amide bonds. The Morgan fingerprint density at radius 3 is 2.50 bits per heavy atom. The Morgan fingerprint density at radius 1 is 1.08 bits per heavy atom. The van der Waals surface area contributed by atoms with E-state index >= 15 is 0 Å². The molecule has 0 heterocycles. The molecule has 7 nitrogen and oxygen atoms in total. The first-order valence-electron chi connectivity index (χ1n) is 13.3. The summed E-state index contributed by atoms with van der Waals surface area (Å²) in [5.74, 6) is -0.189.